The van der Waals surface area contributed by atoms with E-state index in [1.54, 1.807) is 24.3 Å². The smallest absolute Gasteiger partial charge is 0.233 e. The summed E-state index contributed by atoms with van der Waals surface area (Å²) < 4.78 is 16.3. The van der Waals surface area contributed by atoms with Gasteiger partial charge in [0.1, 0.15) is 5.75 Å². The lowest BCUT2D eigenvalue weighted by atomic mass is 9.72. The van der Waals surface area contributed by atoms with Gasteiger partial charge in [-0.2, -0.15) is 0 Å². The number of allylic oxidation sites excluding steroid dienone is 2. The average Bonchev–Trinajstić information content (AvgIpc) is 3.18. The normalized spacial score (nSPS) is 19.5. The van der Waals surface area contributed by atoms with Crippen LogP contribution in [0.5, 0.6) is 23.0 Å². The molecule has 0 amide bonds. The van der Waals surface area contributed by atoms with Gasteiger partial charge in [0.25, 0.3) is 0 Å². The van der Waals surface area contributed by atoms with Crippen molar-refractivity contribution in [1.29, 1.82) is 0 Å². The average molecular weight is 448 g/mol. The van der Waals surface area contributed by atoms with Crippen LogP contribution >= 0.6 is 0 Å². The van der Waals surface area contributed by atoms with Crippen molar-refractivity contribution in [3.63, 3.8) is 0 Å². The minimum Gasteiger partial charge on any atom is -0.508 e. The Balaban J connectivity index is 1.65. The number of carbonyl (C=O) groups excluding carboxylic acids is 1. The van der Waals surface area contributed by atoms with Gasteiger partial charge in [0.05, 0.1) is 25.5 Å². The van der Waals surface area contributed by atoms with E-state index in [0.29, 0.717) is 30.0 Å². The van der Waals surface area contributed by atoms with Gasteiger partial charge in [0, 0.05) is 23.6 Å². The van der Waals surface area contributed by atoms with Gasteiger partial charge in [0.2, 0.25) is 11.6 Å². The predicted octanol–water partition coefficient (Wildman–Crippen LogP) is 4.37. The highest BCUT2D eigenvalue weighted by Crippen LogP contribution is 2.51. The van der Waals surface area contributed by atoms with E-state index in [1.807, 2.05) is 19.1 Å². The fourth-order valence-electron chi connectivity index (χ4n) is 4.87. The highest BCUT2D eigenvalue weighted by Gasteiger charge is 2.41. The molecular formula is C25H24N2O6. The van der Waals surface area contributed by atoms with Crippen LogP contribution in [0.25, 0.3) is 0 Å². The second-order valence-corrected chi connectivity index (χ2v) is 8.35. The van der Waals surface area contributed by atoms with E-state index in [9.17, 15) is 15.0 Å². The number of aryl methyl sites for hydroxylation is 1. The molecule has 2 aliphatic rings. The zero-order valence-corrected chi connectivity index (χ0v) is 18.5. The second-order valence-electron chi connectivity index (χ2n) is 8.35. The topological polar surface area (TPSA) is 114 Å². The summed E-state index contributed by atoms with van der Waals surface area (Å²) in [7, 11) is 2.94. The SMILES string of the molecule is COc1cc([C@H]2C3=C(C[C@@H](c4ccc(O)cc4)CC3=O)Nc3onc(C)c32)cc(OC)c1O. The summed E-state index contributed by atoms with van der Waals surface area (Å²) >= 11 is 0. The number of rotatable bonds is 4. The number of ether oxygens (including phenoxy) is 2. The number of phenolic OH excluding ortho intramolecular Hbond substituents is 2. The molecule has 0 radical (unpaired) electrons. The largest absolute Gasteiger partial charge is 0.508 e. The van der Waals surface area contributed by atoms with Crippen LogP contribution < -0.4 is 14.8 Å². The molecule has 170 valence electrons. The molecule has 0 saturated carbocycles. The third-order valence-electron chi connectivity index (χ3n) is 6.46. The van der Waals surface area contributed by atoms with Crippen LogP contribution in [0.4, 0.5) is 5.88 Å². The number of fused-ring (bicyclic) bond motifs is 1. The standard InChI is InChI=1S/C25H24N2O6/c1-12-21-22(15-10-19(31-2)24(30)20(11-15)32-3)23-17(26-25(21)33-27-12)8-14(9-18(23)29)13-4-6-16(28)7-5-13/h4-7,10-11,14,22,26,28,30H,8-9H2,1-3H3/t14-,22-/m1/s1. The van der Waals surface area contributed by atoms with Gasteiger partial charge in [-0.05, 0) is 54.7 Å². The molecule has 0 spiro atoms. The Morgan fingerprint density at radius 3 is 2.33 bits per heavy atom. The Hall–Kier alpha value is -3.94. The number of methoxy groups -OCH3 is 2. The number of hydrogen-bond donors (Lipinski definition) is 3. The monoisotopic (exact) mass is 448 g/mol. The first-order valence-corrected chi connectivity index (χ1v) is 10.6. The Morgan fingerprint density at radius 2 is 1.70 bits per heavy atom. The molecule has 1 aliphatic carbocycles. The van der Waals surface area contributed by atoms with Gasteiger partial charge in [0.15, 0.2) is 17.3 Å². The van der Waals surface area contributed by atoms with Crippen molar-refractivity contribution in [3.05, 3.63) is 70.1 Å². The van der Waals surface area contributed by atoms with E-state index in [-0.39, 0.29) is 34.7 Å². The summed E-state index contributed by atoms with van der Waals surface area (Å²) in [6.45, 7) is 1.84. The fourth-order valence-corrected chi connectivity index (χ4v) is 4.87. The number of Topliss-reactive ketones (excluding diaryl/α,β-unsaturated/α-hetero) is 1. The molecule has 5 rings (SSSR count). The Bertz CT molecular complexity index is 1250. The molecule has 2 aromatic carbocycles. The van der Waals surface area contributed by atoms with Crippen LogP contribution in [-0.2, 0) is 4.79 Å². The molecule has 2 atom stereocenters. The number of nitrogens with one attached hydrogen (secondary N) is 1. The molecular weight excluding hydrogens is 424 g/mol. The molecule has 0 saturated heterocycles. The minimum absolute atomic E-state index is 0.0177. The summed E-state index contributed by atoms with van der Waals surface area (Å²) in [5.74, 6) is 0.645. The van der Waals surface area contributed by atoms with Crippen molar-refractivity contribution in [2.75, 3.05) is 19.5 Å². The predicted molar refractivity (Wildman–Crippen MR) is 120 cm³/mol. The lowest BCUT2D eigenvalue weighted by Crippen LogP contribution is -2.29. The van der Waals surface area contributed by atoms with Gasteiger partial charge in [-0.3, -0.25) is 4.79 Å². The van der Waals surface area contributed by atoms with Crippen molar-refractivity contribution in [2.45, 2.75) is 31.6 Å². The van der Waals surface area contributed by atoms with Crippen LogP contribution in [-0.4, -0.2) is 35.4 Å². The first-order valence-electron chi connectivity index (χ1n) is 10.6. The van der Waals surface area contributed by atoms with Gasteiger partial charge in [-0.1, -0.05) is 17.3 Å². The second kappa shape index (κ2) is 7.88. The maximum atomic E-state index is 13.6. The van der Waals surface area contributed by atoms with E-state index >= 15 is 0 Å². The maximum Gasteiger partial charge on any atom is 0.233 e. The number of phenols is 2. The van der Waals surface area contributed by atoms with Crippen molar-refractivity contribution < 1.29 is 29.0 Å². The van der Waals surface area contributed by atoms with Crippen LogP contribution in [0, 0.1) is 6.92 Å². The number of nitrogens with zero attached hydrogens (tertiary/aromatic N) is 1. The maximum absolute atomic E-state index is 13.6. The summed E-state index contributed by atoms with van der Waals surface area (Å²) in [6, 6.07) is 10.4. The van der Waals surface area contributed by atoms with Gasteiger partial charge in [-0.25, -0.2) is 0 Å². The lowest BCUT2D eigenvalue weighted by molar-refractivity contribution is -0.116. The highest BCUT2D eigenvalue weighted by atomic mass is 16.5. The summed E-state index contributed by atoms with van der Waals surface area (Å²) in [5, 5.41) is 27.5. The third-order valence-corrected chi connectivity index (χ3v) is 6.46. The van der Waals surface area contributed by atoms with E-state index in [4.69, 9.17) is 14.0 Å². The van der Waals surface area contributed by atoms with Crippen molar-refractivity contribution >= 4 is 11.7 Å². The minimum atomic E-state index is -0.445. The van der Waals surface area contributed by atoms with Gasteiger partial charge >= 0.3 is 0 Å². The van der Waals surface area contributed by atoms with Crippen LogP contribution in [0.15, 0.2) is 52.2 Å². The Kier molecular flexibility index (Phi) is 5.00. The van der Waals surface area contributed by atoms with Gasteiger partial charge < -0.3 is 29.5 Å². The number of hydrogen-bond acceptors (Lipinski definition) is 8. The Labute approximate surface area is 190 Å². The third kappa shape index (κ3) is 3.38. The molecule has 1 aromatic heterocycles. The first-order chi connectivity index (χ1) is 15.9. The number of aromatic hydroxyl groups is 2. The number of ketones is 1. The quantitative estimate of drug-likeness (QED) is 0.539. The molecule has 2 heterocycles. The zero-order valence-electron chi connectivity index (χ0n) is 18.5. The van der Waals surface area contributed by atoms with Crippen LogP contribution in [0.1, 0.15) is 47.1 Å². The Morgan fingerprint density at radius 1 is 1.03 bits per heavy atom. The molecule has 3 aromatic rings. The molecule has 0 fully saturated rings. The summed E-state index contributed by atoms with van der Waals surface area (Å²) in [5.41, 5.74) is 4.61. The van der Waals surface area contributed by atoms with Gasteiger partial charge in [-0.15, -0.1) is 0 Å². The van der Waals surface area contributed by atoms with Crippen LogP contribution in [0.3, 0.4) is 0 Å². The highest BCUT2D eigenvalue weighted by molar-refractivity contribution is 6.01. The van der Waals surface area contributed by atoms with Crippen molar-refractivity contribution in [2.24, 2.45) is 0 Å². The zero-order chi connectivity index (χ0) is 23.3. The summed E-state index contributed by atoms with van der Waals surface area (Å²) in [4.78, 5) is 13.6. The summed E-state index contributed by atoms with van der Waals surface area (Å²) in [6.07, 6.45) is 0.946. The van der Waals surface area contributed by atoms with E-state index in [1.165, 1.54) is 14.2 Å². The van der Waals surface area contributed by atoms with E-state index in [2.05, 4.69) is 10.5 Å². The molecule has 8 nitrogen and oxygen atoms in total. The van der Waals surface area contributed by atoms with Crippen LogP contribution in [0.2, 0.25) is 0 Å². The molecule has 1 aliphatic heterocycles. The van der Waals surface area contributed by atoms with Crippen molar-refractivity contribution in [1.82, 2.24) is 5.16 Å². The fraction of sp³-hybridized carbons (Fsp3) is 0.280. The van der Waals surface area contributed by atoms with E-state index < -0.39 is 5.92 Å². The number of aromatic nitrogens is 1. The first kappa shape index (κ1) is 20.9. The molecule has 8 heteroatoms. The number of carbonyl (C=O) groups is 1. The molecule has 0 bridgehead atoms. The molecule has 33 heavy (non-hydrogen) atoms. The number of benzene rings is 2. The lowest BCUT2D eigenvalue weighted by Gasteiger charge is -2.34. The van der Waals surface area contributed by atoms with Crippen molar-refractivity contribution in [3.8, 4) is 23.0 Å². The molecule has 0 unspecified atom stereocenters. The molecule has 3 N–H and O–H groups in total. The number of anilines is 1. The van der Waals surface area contributed by atoms with E-state index in [0.717, 1.165) is 22.4 Å².